The van der Waals surface area contributed by atoms with Crippen LogP contribution in [0.5, 0.6) is 0 Å². The van der Waals surface area contributed by atoms with Gasteiger partial charge in [-0.05, 0) is 0 Å². The van der Waals surface area contributed by atoms with Crippen molar-refractivity contribution >= 4 is 0 Å². The summed E-state index contributed by atoms with van der Waals surface area (Å²) >= 11 is 0. The molecule has 0 spiro atoms. The van der Waals surface area contributed by atoms with Crippen LogP contribution >= 0.6 is 0 Å². The second-order valence-electron chi connectivity index (χ2n) is 2.64. The Hall–Kier alpha value is -0.861. The molecule has 2 aromatic carbocycles. The fourth-order valence-electron chi connectivity index (χ4n) is 0.970. The summed E-state index contributed by atoms with van der Waals surface area (Å²) in [6.45, 7) is 0.757. The van der Waals surface area contributed by atoms with Crippen LogP contribution in [0.25, 0.3) is 0 Å². The average molecular weight is 230 g/mol. The van der Waals surface area contributed by atoms with Gasteiger partial charge in [0.05, 0.1) is 0 Å². The van der Waals surface area contributed by atoms with Gasteiger partial charge >= 0.3 is 0 Å². The number of nitrogens with one attached hydrogen (secondary N) is 1. The Labute approximate surface area is 95.3 Å². The summed E-state index contributed by atoms with van der Waals surface area (Å²) in [6.07, 6.45) is 0. The number of rotatable bonds is 2. The maximum absolute atomic E-state index is 5.07. The van der Waals surface area contributed by atoms with Gasteiger partial charge in [-0.2, -0.15) is 24.7 Å². The summed E-state index contributed by atoms with van der Waals surface area (Å²) in [7, 11) is 0. The van der Waals surface area contributed by atoms with E-state index in [9.17, 15) is 0 Å². The molecule has 3 heteroatoms. The number of nitrogens with two attached hydrogens (primary N) is 1. The molecule has 0 aliphatic heterocycles. The van der Waals surface area contributed by atoms with Crippen LogP contribution in [0, 0.1) is 0 Å². The van der Waals surface area contributed by atoms with E-state index >= 15 is 0 Å². The SMILES string of the molecule is NNC[c-]1[cH-][cH-][cH-][cH-]1.[Fe].c1cc[cH-]c1. The molecule has 2 rings (SSSR count). The monoisotopic (exact) mass is 230 g/mol. The van der Waals surface area contributed by atoms with Crippen molar-refractivity contribution in [2.24, 2.45) is 5.84 Å². The Morgan fingerprint density at radius 1 is 1.14 bits per heavy atom. The standard InChI is InChI=1S/C6H9N2.C5H5.Fe/c7-8-5-6-3-1-2-4-6;1-2-4-5-3-1;/h1-4,8H,5,7H2;1-5H;/q-5;-1;. The first kappa shape index (κ1) is 13.1. The predicted molar refractivity (Wildman–Crippen MR) is 55.1 cm³/mol. The summed E-state index contributed by atoms with van der Waals surface area (Å²) in [5, 5.41) is 0. The minimum absolute atomic E-state index is 0. The Kier molecular flexibility index (Phi) is 8.19. The predicted octanol–water partition coefficient (Wildman–Crippen LogP) is 1.77. The van der Waals surface area contributed by atoms with Crippen LogP contribution in [-0.2, 0) is 23.6 Å². The minimum atomic E-state index is 0. The number of hydrazine groups is 1. The van der Waals surface area contributed by atoms with E-state index in [1.165, 1.54) is 5.56 Å². The zero-order chi connectivity index (χ0) is 9.36. The quantitative estimate of drug-likeness (QED) is 0.357. The number of hydrogen-bond donors (Lipinski definition) is 2. The molecular formula is C11H14FeN2-6. The summed E-state index contributed by atoms with van der Waals surface area (Å²) in [5.41, 5.74) is 3.80. The fourth-order valence-corrected chi connectivity index (χ4v) is 0.970. The molecule has 0 saturated carbocycles. The van der Waals surface area contributed by atoms with Crippen LogP contribution in [0.2, 0.25) is 0 Å². The second-order valence-corrected chi connectivity index (χ2v) is 2.64. The van der Waals surface area contributed by atoms with E-state index in [4.69, 9.17) is 5.84 Å². The van der Waals surface area contributed by atoms with E-state index in [0.717, 1.165) is 6.54 Å². The fraction of sp³-hybridized carbons (Fsp3) is 0.0909. The molecule has 0 atom stereocenters. The third kappa shape index (κ3) is 5.73. The topological polar surface area (TPSA) is 38.0 Å². The van der Waals surface area contributed by atoms with Crippen molar-refractivity contribution in [3.8, 4) is 0 Å². The molecule has 0 aliphatic rings. The molecule has 0 saturated heterocycles. The van der Waals surface area contributed by atoms with Gasteiger partial charge < -0.3 is 29.8 Å². The van der Waals surface area contributed by atoms with Gasteiger partial charge in [-0.1, -0.05) is 0 Å². The van der Waals surface area contributed by atoms with Crippen molar-refractivity contribution < 1.29 is 17.1 Å². The van der Waals surface area contributed by atoms with Crippen molar-refractivity contribution in [3.63, 3.8) is 0 Å². The van der Waals surface area contributed by atoms with Crippen molar-refractivity contribution in [1.29, 1.82) is 0 Å². The third-order valence-electron chi connectivity index (χ3n) is 1.59. The summed E-state index contributed by atoms with van der Waals surface area (Å²) in [5.74, 6) is 5.07. The molecular weight excluding hydrogens is 216 g/mol. The average Bonchev–Trinajstić information content (AvgIpc) is 2.79. The van der Waals surface area contributed by atoms with E-state index in [1.54, 1.807) is 0 Å². The van der Waals surface area contributed by atoms with Crippen molar-refractivity contribution in [1.82, 2.24) is 5.43 Å². The van der Waals surface area contributed by atoms with Crippen LogP contribution in [0.4, 0.5) is 0 Å². The molecule has 2 nitrogen and oxygen atoms in total. The molecule has 0 aliphatic carbocycles. The van der Waals surface area contributed by atoms with Crippen LogP contribution in [0.15, 0.2) is 54.6 Å². The van der Waals surface area contributed by atoms with Gasteiger partial charge in [0, 0.05) is 17.1 Å². The van der Waals surface area contributed by atoms with E-state index in [1.807, 2.05) is 54.6 Å². The smallest absolute Gasteiger partial charge is 0 e. The van der Waals surface area contributed by atoms with Gasteiger partial charge in [0.1, 0.15) is 0 Å². The van der Waals surface area contributed by atoms with Gasteiger partial charge in [-0.3, -0.25) is 11.3 Å². The summed E-state index contributed by atoms with van der Waals surface area (Å²) in [6, 6.07) is 18.0. The number of hydrogen-bond acceptors (Lipinski definition) is 2. The first-order valence-electron chi connectivity index (χ1n) is 4.24. The Balaban J connectivity index is 0.000000246. The van der Waals surface area contributed by atoms with Crippen LogP contribution in [-0.4, -0.2) is 0 Å². The molecule has 82 valence electrons. The minimum Gasteiger partial charge on any atom is -0.748 e. The van der Waals surface area contributed by atoms with E-state index in [0.29, 0.717) is 0 Å². The third-order valence-corrected chi connectivity index (χ3v) is 1.59. The van der Waals surface area contributed by atoms with Gasteiger partial charge in [0.2, 0.25) is 0 Å². The maximum Gasteiger partial charge on any atom is 0 e. The zero-order valence-electron chi connectivity index (χ0n) is 7.83. The molecule has 0 amide bonds. The Morgan fingerprint density at radius 2 is 1.71 bits per heavy atom. The normalized spacial score (nSPS) is 8.36. The van der Waals surface area contributed by atoms with Gasteiger partial charge in [0.25, 0.3) is 0 Å². The molecule has 0 aromatic heterocycles. The largest absolute Gasteiger partial charge is 0.748 e. The van der Waals surface area contributed by atoms with Crippen LogP contribution in [0.1, 0.15) is 5.56 Å². The zero-order valence-corrected chi connectivity index (χ0v) is 8.94. The molecule has 0 unspecified atom stereocenters. The van der Waals surface area contributed by atoms with Crippen molar-refractivity contribution in [2.75, 3.05) is 0 Å². The summed E-state index contributed by atoms with van der Waals surface area (Å²) < 4.78 is 0. The van der Waals surface area contributed by atoms with E-state index < -0.39 is 0 Å². The first-order valence-corrected chi connectivity index (χ1v) is 4.24. The van der Waals surface area contributed by atoms with E-state index in [2.05, 4.69) is 5.43 Å². The molecule has 14 heavy (non-hydrogen) atoms. The molecule has 0 radical (unpaired) electrons. The maximum atomic E-state index is 5.07. The molecule has 0 fully saturated rings. The van der Waals surface area contributed by atoms with Gasteiger partial charge in [-0.25, -0.2) is 12.1 Å². The molecule has 2 aromatic rings. The van der Waals surface area contributed by atoms with E-state index in [-0.39, 0.29) is 17.1 Å². The molecule has 0 bridgehead atoms. The Morgan fingerprint density at radius 3 is 2.07 bits per heavy atom. The van der Waals surface area contributed by atoms with Crippen molar-refractivity contribution in [3.05, 3.63) is 60.2 Å². The van der Waals surface area contributed by atoms with Gasteiger partial charge in [0.15, 0.2) is 0 Å². The second kappa shape index (κ2) is 8.73. The summed E-state index contributed by atoms with van der Waals surface area (Å²) in [4.78, 5) is 0. The molecule has 0 heterocycles. The van der Waals surface area contributed by atoms with Crippen LogP contribution in [0.3, 0.4) is 0 Å². The molecule has 3 N–H and O–H groups in total. The van der Waals surface area contributed by atoms with Crippen LogP contribution < -0.4 is 11.3 Å². The van der Waals surface area contributed by atoms with Gasteiger partial charge in [-0.15, -0.1) is 0 Å². The first-order chi connectivity index (χ1) is 6.43. The Bertz CT molecular complexity index is 257. The van der Waals surface area contributed by atoms with Crippen molar-refractivity contribution in [2.45, 2.75) is 6.54 Å².